The van der Waals surface area contributed by atoms with Crippen LogP contribution in [0.25, 0.3) is 0 Å². The highest BCUT2D eigenvalue weighted by molar-refractivity contribution is 5.33. The molecule has 0 unspecified atom stereocenters. The average Bonchev–Trinajstić information content (AvgIpc) is 2.27. The molecule has 2 heterocycles. The van der Waals surface area contributed by atoms with Gasteiger partial charge in [-0.05, 0) is 13.0 Å². The van der Waals surface area contributed by atoms with Gasteiger partial charge in [0, 0.05) is 18.5 Å². The van der Waals surface area contributed by atoms with Crippen molar-refractivity contribution >= 4 is 0 Å². The zero-order valence-corrected chi connectivity index (χ0v) is 8.63. The molecule has 0 saturated carbocycles. The molecule has 0 aliphatic carbocycles. The molecule has 1 aromatic heterocycles. The van der Waals surface area contributed by atoms with E-state index in [0.29, 0.717) is 0 Å². The van der Waals surface area contributed by atoms with E-state index in [9.17, 15) is 0 Å². The summed E-state index contributed by atoms with van der Waals surface area (Å²) >= 11 is 0. The lowest BCUT2D eigenvalue weighted by atomic mass is 10.1. The molecule has 1 N–H and O–H groups in total. The normalized spacial score (nSPS) is 15.0. The minimum Gasteiger partial charge on any atom is -0.481 e. The van der Waals surface area contributed by atoms with Gasteiger partial charge in [0.25, 0.3) is 0 Å². The SMILES string of the molecule is CCc1nc2c(c(OC)n1)CCNC2. The molecule has 0 amide bonds. The topological polar surface area (TPSA) is 47.0 Å². The smallest absolute Gasteiger partial charge is 0.219 e. The number of ether oxygens (including phenoxy) is 1. The second-order valence-electron chi connectivity index (χ2n) is 3.35. The van der Waals surface area contributed by atoms with Gasteiger partial charge >= 0.3 is 0 Å². The minimum atomic E-state index is 0.758. The molecule has 2 rings (SSSR count). The molecule has 4 nitrogen and oxygen atoms in total. The van der Waals surface area contributed by atoms with Crippen LogP contribution in [0.3, 0.4) is 0 Å². The van der Waals surface area contributed by atoms with Crippen molar-refractivity contribution in [2.45, 2.75) is 26.3 Å². The Balaban J connectivity index is 2.47. The second-order valence-corrected chi connectivity index (χ2v) is 3.35. The van der Waals surface area contributed by atoms with Crippen LogP contribution in [-0.2, 0) is 19.4 Å². The van der Waals surface area contributed by atoms with E-state index in [0.717, 1.165) is 43.3 Å². The van der Waals surface area contributed by atoms with Gasteiger partial charge in [0.1, 0.15) is 5.82 Å². The molecular weight excluding hydrogens is 178 g/mol. The Morgan fingerprint density at radius 3 is 3.00 bits per heavy atom. The Morgan fingerprint density at radius 2 is 2.29 bits per heavy atom. The lowest BCUT2D eigenvalue weighted by molar-refractivity contribution is 0.384. The number of aryl methyl sites for hydroxylation is 1. The first-order chi connectivity index (χ1) is 6.85. The van der Waals surface area contributed by atoms with Gasteiger partial charge in [-0.3, -0.25) is 0 Å². The molecule has 76 valence electrons. The lowest BCUT2D eigenvalue weighted by Crippen LogP contribution is -2.26. The predicted octanol–water partition coefficient (Wildman–Crippen LogP) is 0.693. The predicted molar refractivity (Wildman–Crippen MR) is 53.4 cm³/mol. The summed E-state index contributed by atoms with van der Waals surface area (Å²) in [5, 5.41) is 3.30. The Kier molecular flexibility index (Phi) is 2.63. The third-order valence-electron chi connectivity index (χ3n) is 2.45. The maximum Gasteiger partial charge on any atom is 0.219 e. The first kappa shape index (κ1) is 9.40. The highest BCUT2D eigenvalue weighted by Gasteiger charge is 2.17. The van der Waals surface area contributed by atoms with Crippen molar-refractivity contribution in [1.29, 1.82) is 0 Å². The molecule has 1 aliphatic heterocycles. The van der Waals surface area contributed by atoms with E-state index in [2.05, 4.69) is 22.2 Å². The number of hydrogen-bond donors (Lipinski definition) is 1. The number of rotatable bonds is 2. The van der Waals surface area contributed by atoms with Gasteiger partial charge < -0.3 is 10.1 Å². The number of methoxy groups -OCH3 is 1. The summed E-state index contributed by atoms with van der Waals surface area (Å²) in [5.74, 6) is 1.62. The molecule has 0 spiro atoms. The third kappa shape index (κ3) is 1.57. The largest absolute Gasteiger partial charge is 0.481 e. The van der Waals surface area contributed by atoms with Crippen LogP contribution in [0.5, 0.6) is 5.88 Å². The second kappa shape index (κ2) is 3.92. The van der Waals surface area contributed by atoms with E-state index in [1.165, 1.54) is 5.56 Å². The first-order valence-corrected chi connectivity index (χ1v) is 4.98. The van der Waals surface area contributed by atoms with E-state index in [1.807, 2.05) is 0 Å². The van der Waals surface area contributed by atoms with Crippen molar-refractivity contribution in [1.82, 2.24) is 15.3 Å². The molecule has 0 aromatic carbocycles. The summed E-state index contributed by atoms with van der Waals surface area (Å²) in [7, 11) is 1.67. The lowest BCUT2D eigenvalue weighted by Gasteiger charge is -2.18. The fraction of sp³-hybridized carbons (Fsp3) is 0.600. The molecule has 4 heteroatoms. The Labute approximate surface area is 83.7 Å². The van der Waals surface area contributed by atoms with Crippen molar-refractivity contribution < 1.29 is 4.74 Å². The Bertz CT molecular complexity index is 321. The highest BCUT2D eigenvalue weighted by Crippen LogP contribution is 2.21. The summed E-state index contributed by atoms with van der Waals surface area (Å²) in [6, 6.07) is 0. The summed E-state index contributed by atoms with van der Waals surface area (Å²) in [6.45, 7) is 3.87. The average molecular weight is 193 g/mol. The molecule has 0 atom stereocenters. The van der Waals surface area contributed by atoms with Gasteiger partial charge in [0.05, 0.1) is 12.8 Å². The van der Waals surface area contributed by atoms with E-state index in [-0.39, 0.29) is 0 Å². The molecule has 1 aliphatic rings. The number of fused-ring (bicyclic) bond motifs is 1. The van der Waals surface area contributed by atoms with Crippen molar-refractivity contribution in [3.8, 4) is 5.88 Å². The summed E-state index contributed by atoms with van der Waals surface area (Å²) in [5.41, 5.74) is 2.27. The fourth-order valence-electron chi connectivity index (χ4n) is 1.70. The van der Waals surface area contributed by atoms with Crippen LogP contribution in [0.1, 0.15) is 24.0 Å². The highest BCUT2D eigenvalue weighted by atomic mass is 16.5. The quantitative estimate of drug-likeness (QED) is 0.750. The molecule has 0 fully saturated rings. The summed E-state index contributed by atoms with van der Waals surface area (Å²) in [4.78, 5) is 8.85. The van der Waals surface area contributed by atoms with E-state index in [1.54, 1.807) is 7.11 Å². The zero-order valence-electron chi connectivity index (χ0n) is 8.63. The molecule has 0 radical (unpaired) electrons. The maximum atomic E-state index is 5.28. The van der Waals surface area contributed by atoms with Crippen molar-refractivity contribution in [3.05, 3.63) is 17.1 Å². The van der Waals surface area contributed by atoms with E-state index >= 15 is 0 Å². The van der Waals surface area contributed by atoms with Gasteiger partial charge in [0.2, 0.25) is 5.88 Å². The van der Waals surface area contributed by atoms with E-state index in [4.69, 9.17) is 4.74 Å². The molecule has 1 aromatic rings. The number of aromatic nitrogens is 2. The van der Waals surface area contributed by atoms with E-state index < -0.39 is 0 Å². The molecular formula is C10H15N3O. The van der Waals surface area contributed by atoms with Gasteiger partial charge in [0.15, 0.2) is 0 Å². The summed E-state index contributed by atoms with van der Waals surface area (Å²) < 4.78 is 5.28. The van der Waals surface area contributed by atoms with Gasteiger partial charge in [-0.25, -0.2) is 4.98 Å². The van der Waals surface area contributed by atoms with Crippen LogP contribution in [-0.4, -0.2) is 23.6 Å². The Hall–Kier alpha value is -1.16. The van der Waals surface area contributed by atoms with Crippen molar-refractivity contribution in [3.63, 3.8) is 0 Å². The zero-order chi connectivity index (χ0) is 9.97. The number of nitrogens with one attached hydrogen (secondary N) is 1. The van der Waals surface area contributed by atoms with Crippen LogP contribution in [0, 0.1) is 0 Å². The molecule has 0 bridgehead atoms. The van der Waals surface area contributed by atoms with Crippen LogP contribution in [0.2, 0.25) is 0 Å². The third-order valence-corrected chi connectivity index (χ3v) is 2.45. The van der Waals surface area contributed by atoms with Gasteiger partial charge in [-0.15, -0.1) is 0 Å². The monoisotopic (exact) mass is 193 g/mol. The molecule has 0 saturated heterocycles. The van der Waals surface area contributed by atoms with Gasteiger partial charge in [-0.1, -0.05) is 6.92 Å². The number of nitrogens with zero attached hydrogens (tertiary/aromatic N) is 2. The van der Waals surface area contributed by atoms with Crippen molar-refractivity contribution in [2.75, 3.05) is 13.7 Å². The van der Waals surface area contributed by atoms with Crippen molar-refractivity contribution in [2.24, 2.45) is 0 Å². The first-order valence-electron chi connectivity index (χ1n) is 4.98. The van der Waals surface area contributed by atoms with Crippen LogP contribution >= 0.6 is 0 Å². The standard InChI is InChI=1S/C10H15N3O/c1-3-9-12-8-6-11-5-4-7(8)10(13-9)14-2/h11H,3-6H2,1-2H3. The number of hydrogen-bond acceptors (Lipinski definition) is 4. The van der Waals surface area contributed by atoms with Crippen LogP contribution < -0.4 is 10.1 Å². The van der Waals surface area contributed by atoms with Crippen LogP contribution in [0.15, 0.2) is 0 Å². The van der Waals surface area contributed by atoms with Crippen LogP contribution in [0.4, 0.5) is 0 Å². The summed E-state index contributed by atoms with van der Waals surface area (Å²) in [6.07, 6.45) is 1.81. The minimum absolute atomic E-state index is 0.758. The van der Waals surface area contributed by atoms with Gasteiger partial charge in [-0.2, -0.15) is 4.98 Å². The molecule has 14 heavy (non-hydrogen) atoms. The fourth-order valence-corrected chi connectivity index (χ4v) is 1.70. The Morgan fingerprint density at radius 1 is 1.43 bits per heavy atom. The maximum absolute atomic E-state index is 5.28.